The van der Waals surface area contributed by atoms with Gasteiger partial charge in [0.15, 0.2) is 0 Å². The fourth-order valence-corrected chi connectivity index (χ4v) is 3.84. The molecule has 0 saturated carbocycles. The maximum absolute atomic E-state index is 13.5. The maximum atomic E-state index is 13.5. The van der Waals surface area contributed by atoms with E-state index in [2.05, 4.69) is 6.07 Å². The first-order chi connectivity index (χ1) is 13.6. The monoisotopic (exact) mass is 365 g/mol. The van der Waals surface area contributed by atoms with E-state index in [0.717, 1.165) is 38.8 Å². The SMILES string of the molecule is Cc1ccc(-n2nc(-c3ccccc3)c3c4ccccc4n(C)c3c2=O)cc1. The van der Waals surface area contributed by atoms with Crippen LogP contribution in [-0.4, -0.2) is 14.3 Å². The van der Waals surface area contributed by atoms with Gasteiger partial charge in [-0.2, -0.15) is 9.78 Å². The molecular weight excluding hydrogens is 346 g/mol. The van der Waals surface area contributed by atoms with Gasteiger partial charge in [0.1, 0.15) is 11.2 Å². The van der Waals surface area contributed by atoms with Crippen LogP contribution in [-0.2, 0) is 7.05 Å². The summed E-state index contributed by atoms with van der Waals surface area (Å²) >= 11 is 0. The smallest absolute Gasteiger partial charge is 0.296 e. The lowest BCUT2D eigenvalue weighted by Crippen LogP contribution is -2.23. The average Bonchev–Trinajstić information content (AvgIpc) is 3.04. The summed E-state index contributed by atoms with van der Waals surface area (Å²) in [6.45, 7) is 2.03. The molecule has 0 bridgehead atoms. The normalized spacial score (nSPS) is 11.4. The summed E-state index contributed by atoms with van der Waals surface area (Å²) in [6, 6.07) is 26.0. The zero-order chi connectivity index (χ0) is 19.3. The van der Waals surface area contributed by atoms with Crippen LogP contribution in [0.1, 0.15) is 5.56 Å². The Labute approximate surface area is 162 Å². The second-order valence-corrected chi connectivity index (χ2v) is 7.07. The summed E-state index contributed by atoms with van der Waals surface area (Å²) in [4.78, 5) is 13.5. The summed E-state index contributed by atoms with van der Waals surface area (Å²) in [7, 11) is 1.94. The van der Waals surface area contributed by atoms with Crippen LogP contribution < -0.4 is 5.56 Å². The highest BCUT2D eigenvalue weighted by atomic mass is 16.1. The standard InChI is InChI=1S/C24H19N3O/c1-16-12-14-18(15-13-16)27-24(28)23-21(19-10-6-7-11-20(19)26(23)2)22(25-27)17-8-4-3-5-9-17/h3-15H,1-2H3. The molecule has 0 N–H and O–H groups in total. The minimum absolute atomic E-state index is 0.114. The molecule has 0 amide bonds. The van der Waals surface area contributed by atoms with E-state index in [-0.39, 0.29) is 5.56 Å². The largest absolute Gasteiger partial charge is 0.339 e. The van der Waals surface area contributed by atoms with Crippen molar-refractivity contribution in [2.45, 2.75) is 6.92 Å². The second kappa shape index (κ2) is 6.20. The van der Waals surface area contributed by atoms with Crippen LogP contribution in [0.25, 0.3) is 38.8 Å². The number of fused-ring (bicyclic) bond motifs is 3. The number of para-hydroxylation sites is 1. The van der Waals surface area contributed by atoms with Crippen molar-refractivity contribution in [3.8, 4) is 16.9 Å². The maximum Gasteiger partial charge on any atom is 0.296 e. The van der Waals surface area contributed by atoms with Gasteiger partial charge in [-0.05, 0) is 25.1 Å². The Morgan fingerprint density at radius 1 is 0.821 bits per heavy atom. The van der Waals surface area contributed by atoms with Crippen LogP contribution in [0.3, 0.4) is 0 Å². The second-order valence-electron chi connectivity index (χ2n) is 7.07. The molecule has 28 heavy (non-hydrogen) atoms. The average molecular weight is 365 g/mol. The number of aromatic nitrogens is 3. The predicted molar refractivity (Wildman–Crippen MR) is 114 cm³/mol. The Bertz CT molecular complexity index is 1380. The Morgan fingerprint density at radius 3 is 2.25 bits per heavy atom. The molecule has 136 valence electrons. The molecule has 0 spiro atoms. The van der Waals surface area contributed by atoms with E-state index in [0.29, 0.717) is 5.52 Å². The molecule has 4 nitrogen and oxygen atoms in total. The van der Waals surface area contributed by atoms with Gasteiger partial charge >= 0.3 is 0 Å². The van der Waals surface area contributed by atoms with Crippen LogP contribution in [0.4, 0.5) is 0 Å². The van der Waals surface area contributed by atoms with Crippen molar-refractivity contribution in [3.63, 3.8) is 0 Å². The quantitative estimate of drug-likeness (QED) is 0.448. The highest BCUT2D eigenvalue weighted by Crippen LogP contribution is 2.33. The van der Waals surface area contributed by atoms with Gasteiger partial charge in [-0.1, -0.05) is 66.2 Å². The first-order valence-electron chi connectivity index (χ1n) is 9.28. The molecule has 3 aromatic carbocycles. The fourth-order valence-electron chi connectivity index (χ4n) is 3.84. The highest BCUT2D eigenvalue weighted by Gasteiger charge is 2.20. The number of hydrogen-bond acceptors (Lipinski definition) is 2. The molecule has 0 aliphatic rings. The Hall–Kier alpha value is -3.66. The lowest BCUT2D eigenvalue weighted by atomic mass is 10.1. The Kier molecular flexibility index (Phi) is 3.66. The van der Waals surface area contributed by atoms with E-state index < -0.39 is 0 Å². The lowest BCUT2D eigenvalue weighted by molar-refractivity contribution is 0.816. The molecule has 2 aromatic heterocycles. The third-order valence-electron chi connectivity index (χ3n) is 5.26. The molecule has 0 atom stereocenters. The van der Waals surface area contributed by atoms with Crippen molar-refractivity contribution in [2.24, 2.45) is 7.05 Å². The molecule has 0 aliphatic heterocycles. The molecule has 4 heteroatoms. The number of aryl methyl sites for hydroxylation is 2. The summed E-state index contributed by atoms with van der Waals surface area (Å²) in [6.07, 6.45) is 0. The van der Waals surface area contributed by atoms with Gasteiger partial charge in [-0.25, -0.2) is 0 Å². The van der Waals surface area contributed by atoms with Crippen molar-refractivity contribution >= 4 is 21.8 Å². The number of rotatable bonds is 2. The third-order valence-corrected chi connectivity index (χ3v) is 5.26. The van der Waals surface area contributed by atoms with E-state index in [1.165, 1.54) is 4.68 Å². The molecule has 5 rings (SSSR count). The molecule has 0 aliphatic carbocycles. The zero-order valence-corrected chi connectivity index (χ0v) is 15.8. The topological polar surface area (TPSA) is 39.8 Å². The fraction of sp³-hybridized carbons (Fsp3) is 0.0833. The highest BCUT2D eigenvalue weighted by molar-refractivity contribution is 6.13. The van der Waals surface area contributed by atoms with E-state index in [1.807, 2.05) is 91.3 Å². The minimum Gasteiger partial charge on any atom is -0.339 e. The van der Waals surface area contributed by atoms with Gasteiger partial charge in [-0.15, -0.1) is 0 Å². The molecule has 5 aromatic rings. The summed E-state index contributed by atoms with van der Waals surface area (Å²) in [5, 5.41) is 6.77. The van der Waals surface area contributed by atoms with Crippen LogP contribution in [0.15, 0.2) is 83.7 Å². The van der Waals surface area contributed by atoms with Crippen LogP contribution in [0.2, 0.25) is 0 Å². The molecule has 0 fully saturated rings. The van der Waals surface area contributed by atoms with Crippen molar-refractivity contribution in [2.75, 3.05) is 0 Å². The summed E-state index contributed by atoms with van der Waals surface area (Å²) in [5.41, 5.74) is 5.28. The van der Waals surface area contributed by atoms with Crippen molar-refractivity contribution < 1.29 is 0 Å². The molecule has 0 saturated heterocycles. The zero-order valence-electron chi connectivity index (χ0n) is 15.8. The Morgan fingerprint density at radius 2 is 1.50 bits per heavy atom. The molecule has 2 heterocycles. The van der Waals surface area contributed by atoms with Gasteiger partial charge in [-0.3, -0.25) is 4.79 Å². The lowest BCUT2D eigenvalue weighted by Gasteiger charge is -2.10. The predicted octanol–water partition coefficient (Wildman–Crippen LogP) is 4.85. The van der Waals surface area contributed by atoms with E-state index in [1.54, 1.807) is 0 Å². The summed E-state index contributed by atoms with van der Waals surface area (Å²) in [5.74, 6) is 0. The van der Waals surface area contributed by atoms with Crippen LogP contribution >= 0.6 is 0 Å². The number of nitrogens with zero attached hydrogens (tertiary/aromatic N) is 3. The van der Waals surface area contributed by atoms with Crippen molar-refractivity contribution in [3.05, 3.63) is 94.8 Å². The van der Waals surface area contributed by atoms with Crippen LogP contribution in [0, 0.1) is 6.92 Å². The van der Waals surface area contributed by atoms with Crippen molar-refractivity contribution in [1.82, 2.24) is 14.3 Å². The first kappa shape index (κ1) is 16.5. The van der Waals surface area contributed by atoms with E-state index in [4.69, 9.17) is 5.10 Å². The number of benzene rings is 3. The first-order valence-corrected chi connectivity index (χ1v) is 9.28. The molecular formula is C24H19N3O. The minimum atomic E-state index is -0.114. The van der Waals surface area contributed by atoms with E-state index in [9.17, 15) is 4.79 Å². The van der Waals surface area contributed by atoms with Gasteiger partial charge < -0.3 is 4.57 Å². The van der Waals surface area contributed by atoms with Crippen LogP contribution in [0.5, 0.6) is 0 Å². The number of hydrogen-bond donors (Lipinski definition) is 0. The van der Waals surface area contributed by atoms with Crippen molar-refractivity contribution in [1.29, 1.82) is 0 Å². The molecule has 0 unspecified atom stereocenters. The molecule has 0 radical (unpaired) electrons. The van der Waals surface area contributed by atoms with Gasteiger partial charge in [0, 0.05) is 28.9 Å². The Balaban J connectivity index is 1.98. The van der Waals surface area contributed by atoms with Gasteiger partial charge in [0.25, 0.3) is 5.56 Å². The van der Waals surface area contributed by atoms with Gasteiger partial charge in [0.05, 0.1) is 5.69 Å². The third kappa shape index (κ3) is 2.38. The van der Waals surface area contributed by atoms with Gasteiger partial charge in [0.2, 0.25) is 0 Å². The van der Waals surface area contributed by atoms with E-state index >= 15 is 0 Å². The summed E-state index contributed by atoms with van der Waals surface area (Å²) < 4.78 is 3.49.